The number of likely N-dealkylation sites (tertiary alicyclic amines) is 1. The summed E-state index contributed by atoms with van der Waals surface area (Å²) < 4.78 is 4.89. The summed E-state index contributed by atoms with van der Waals surface area (Å²) in [6, 6.07) is 1.65. The molecule has 1 aliphatic rings. The number of nitrogens with zero attached hydrogens (tertiary/aromatic N) is 2. The van der Waals surface area contributed by atoms with Crippen molar-refractivity contribution in [3.8, 4) is 0 Å². The lowest BCUT2D eigenvalue weighted by atomic mass is 9.92. The summed E-state index contributed by atoms with van der Waals surface area (Å²) >= 11 is 0. The fraction of sp³-hybridized carbons (Fsp3) is 0.714. The predicted molar refractivity (Wildman–Crippen MR) is 73.0 cm³/mol. The molecule has 1 amide bonds. The summed E-state index contributed by atoms with van der Waals surface area (Å²) in [5.41, 5.74) is 0.359. The fourth-order valence-electron chi connectivity index (χ4n) is 2.87. The van der Waals surface area contributed by atoms with Crippen LogP contribution in [-0.2, 0) is 0 Å². The number of carbonyl (C=O) groups excluding carboxylic acids is 1. The SMILES string of the molecule is Cc1cc(C(=O)NCCN2CC(C)CC(C)C2)no1. The maximum Gasteiger partial charge on any atom is 0.273 e. The number of nitrogens with one attached hydrogen (secondary N) is 1. The molecule has 1 aromatic heterocycles. The highest BCUT2D eigenvalue weighted by atomic mass is 16.5. The molecule has 106 valence electrons. The zero-order valence-electron chi connectivity index (χ0n) is 12.0. The molecule has 0 saturated carbocycles. The molecule has 5 nitrogen and oxygen atoms in total. The molecule has 0 bridgehead atoms. The fourth-order valence-corrected chi connectivity index (χ4v) is 2.87. The summed E-state index contributed by atoms with van der Waals surface area (Å²) in [6.45, 7) is 10.2. The Morgan fingerprint density at radius 1 is 1.47 bits per heavy atom. The van der Waals surface area contributed by atoms with Crippen molar-refractivity contribution in [1.29, 1.82) is 0 Å². The van der Waals surface area contributed by atoms with Gasteiger partial charge < -0.3 is 14.7 Å². The van der Waals surface area contributed by atoms with Gasteiger partial charge in [-0.15, -0.1) is 0 Å². The van der Waals surface area contributed by atoms with Crippen LogP contribution < -0.4 is 5.32 Å². The Morgan fingerprint density at radius 3 is 2.74 bits per heavy atom. The average molecular weight is 265 g/mol. The van der Waals surface area contributed by atoms with E-state index < -0.39 is 0 Å². The largest absolute Gasteiger partial charge is 0.361 e. The van der Waals surface area contributed by atoms with Crippen LogP contribution in [0, 0.1) is 18.8 Å². The monoisotopic (exact) mass is 265 g/mol. The van der Waals surface area contributed by atoms with Crippen molar-refractivity contribution >= 4 is 5.91 Å². The van der Waals surface area contributed by atoms with Gasteiger partial charge in [-0.3, -0.25) is 4.79 Å². The molecule has 2 unspecified atom stereocenters. The quantitative estimate of drug-likeness (QED) is 0.900. The topological polar surface area (TPSA) is 58.4 Å². The molecule has 1 N–H and O–H groups in total. The molecule has 1 aliphatic heterocycles. The highest BCUT2D eigenvalue weighted by molar-refractivity contribution is 5.92. The Labute approximate surface area is 114 Å². The molecule has 2 atom stereocenters. The minimum absolute atomic E-state index is 0.157. The van der Waals surface area contributed by atoms with Crippen molar-refractivity contribution in [2.24, 2.45) is 11.8 Å². The van der Waals surface area contributed by atoms with E-state index in [-0.39, 0.29) is 5.91 Å². The number of aryl methyl sites for hydroxylation is 1. The molecule has 0 aromatic carbocycles. The highest BCUT2D eigenvalue weighted by Crippen LogP contribution is 2.20. The van der Waals surface area contributed by atoms with Gasteiger partial charge in [0, 0.05) is 32.2 Å². The second-order valence-electron chi connectivity index (χ2n) is 5.78. The van der Waals surface area contributed by atoms with Crippen molar-refractivity contribution in [3.05, 3.63) is 17.5 Å². The van der Waals surface area contributed by atoms with Crippen LogP contribution in [0.2, 0.25) is 0 Å². The van der Waals surface area contributed by atoms with Crippen LogP contribution in [0.4, 0.5) is 0 Å². The first-order valence-corrected chi connectivity index (χ1v) is 6.98. The average Bonchev–Trinajstić information content (AvgIpc) is 2.74. The second-order valence-corrected chi connectivity index (χ2v) is 5.78. The van der Waals surface area contributed by atoms with Crippen molar-refractivity contribution < 1.29 is 9.32 Å². The van der Waals surface area contributed by atoms with Crippen LogP contribution in [0.25, 0.3) is 0 Å². The third kappa shape index (κ3) is 4.06. The van der Waals surface area contributed by atoms with E-state index in [1.807, 2.05) is 0 Å². The van der Waals surface area contributed by atoms with Crippen LogP contribution in [-0.4, -0.2) is 42.1 Å². The van der Waals surface area contributed by atoms with Crippen molar-refractivity contribution in [1.82, 2.24) is 15.4 Å². The third-order valence-corrected chi connectivity index (χ3v) is 3.52. The highest BCUT2D eigenvalue weighted by Gasteiger charge is 2.21. The van der Waals surface area contributed by atoms with Gasteiger partial charge in [0.15, 0.2) is 5.69 Å². The van der Waals surface area contributed by atoms with Gasteiger partial charge in [0.2, 0.25) is 0 Å². The molecule has 19 heavy (non-hydrogen) atoms. The van der Waals surface area contributed by atoms with Gasteiger partial charge in [-0.05, 0) is 25.2 Å². The van der Waals surface area contributed by atoms with Crippen molar-refractivity contribution in [2.75, 3.05) is 26.2 Å². The Balaban J connectivity index is 1.73. The van der Waals surface area contributed by atoms with Crippen LogP contribution in [0.5, 0.6) is 0 Å². The standard InChI is InChI=1S/C14H23N3O2/c1-10-6-11(2)9-17(8-10)5-4-15-14(18)13-7-12(3)19-16-13/h7,10-11H,4-6,8-9H2,1-3H3,(H,15,18). The summed E-state index contributed by atoms with van der Waals surface area (Å²) in [5.74, 6) is 1.99. The molecule has 1 fully saturated rings. The van der Waals surface area contributed by atoms with Crippen LogP contribution in [0.3, 0.4) is 0 Å². The molecule has 1 aromatic rings. The van der Waals surface area contributed by atoms with Crippen LogP contribution in [0.15, 0.2) is 10.6 Å². The Bertz CT molecular complexity index is 420. The summed E-state index contributed by atoms with van der Waals surface area (Å²) in [6.07, 6.45) is 1.31. The molecular weight excluding hydrogens is 242 g/mol. The summed E-state index contributed by atoms with van der Waals surface area (Å²) in [5, 5.41) is 6.59. The van der Waals surface area contributed by atoms with Gasteiger partial charge >= 0.3 is 0 Å². The third-order valence-electron chi connectivity index (χ3n) is 3.52. The minimum Gasteiger partial charge on any atom is -0.361 e. The van der Waals surface area contributed by atoms with E-state index in [4.69, 9.17) is 4.52 Å². The number of hydrogen-bond donors (Lipinski definition) is 1. The van der Waals surface area contributed by atoms with Crippen molar-refractivity contribution in [3.63, 3.8) is 0 Å². The lowest BCUT2D eigenvalue weighted by Gasteiger charge is -2.34. The van der Waals surface area contributed by atoms with Crippen LogP contribution >= 0.6 is 0 Å². The lowest BCUT2D eigenvalue weighted by molar-refractivity contribution is 0.0928. The van der Waals surface area contributed by atoms with E-state index in [0.29, 0.717) is 18.0 Å². The molecule has 2 heterocycles. The molecule has 0 radical (unpaired) electrons. The minimum atomic E-state index is -0.157. The van der Waals surface area contributed by atoms with E-state index in [9.17, 15) is 4.79 Å². The number of piperidine rings is 1. The van der Waals surface area contributed by atoms with E-state index in [1.165, 1.54) is 6.42 Å². The summed E-state index contributed by atoms with van der Waals surface area (Å²) in [7, 11) is 0. The first-order valence-electron chi connectivity index (χ1n) is 6.98. The molecule has 2 rings (SSSR count). The Morgan fingerprint density at radius 2 is 2.16 bits per heavy atom. The number of amides is 1. The zero-order chi connectivity index (χ0) is 13.8. The second kappa shape index (κ2) is 6.19. The van der Waals surface area contributed by atoms with Gasteiger partial charge in [0.1, 0.15) is 5.76 Å². The van der Waals surface area contributed by atoms with E-state index in [2.05, 4.69) is 29.2 Å². The maximum atomic E-state index is 11.8. The van der Waals surface area contributed by atoms with Gasteiger partial charge in [-0.25, -0.2) is 0 Å². The Kier molecular flexibility index (Phi) is 4.58. The van der Waals surface area contributed by atoms with E-state index in [1.54, 1.807) is 13.0 Å². The van der Waals surface area contributed by atoms with E-state index >= 15 is 0 Å². The normalized spacial score (nSPS) is 24.4. The molecule has 0 spiro atoms. The lowest BCUT2D eigenvalue weighted by Crippen LogP contribution is -2.42. The number of hydrogen-bond acceptors (Lipinski definition) is 4. The maximum absolute atomic E-state index is 11.8. The molecule has 0 aliphatic carbocycles. The number of carbonyl (C=O) groups is 1. The summed E-state index contributed by atoms with van der Waals surface area (Å²) in [4.78, 5) is 14.2. The number of aromatic nitrogens is 1. The zero-order valence-corrected chi connectivity index (χ0v) is 12.0. The Hall–Kier alpha value is -1.36. The van der Waals surface area contributed by atoms with Crippen molar-refractivity contribution in [2.45, 2.75) is 27.2 Å². The van der Waals surface area contributed by atoms with Crippen LogP contribution in [0.1, 0.15) is 36.5 Å². The first kappa shape index (κ1) is 14.1. The molecule has 5 heteroatoms. The molecule has 1 saturated heterocycles. The van der Waals surface area contributed by atoms with Gasteiger partial charge in [0.05, 0.1) is 0 Å². The predicted octanol–water partition coefficient (Wildman–Crippen LogP) is 1.69. The smallest absolute Gasteiger partial charge is 0.273 e. The first-order chi connectivity index (χ1) is 9.04. The van der Waals surface area contributed by atoms with Gasteiger partial charge in [0.25, 0.3) is 5.91 Å². The van der Waals surface area contributed by atoms with Gasteiger partial charge in [-0.1, -0.05) is 19.0 Å². The van der Waals surface area contributed by atoms with Gasteiger partial charge in [-0.2, -0.15) is 0 Å². The number of rotatable bonds is 4. The molecular formula is C14H23N3O2. The van der Waals surface area contributed by atoms with E-state index in [0.717, 1.165) is 31.5 Å².